The maximum atomic E-state index is 13.2. The number of ketones is 1. The topological polar surface area (TPSA) is 17.1 Å². The average molecular weight is 220 g/mol. The van der Waals surface area contributed by atoms with Gasteiger partial charge in [-0.25, -0.2) is 4.39 Å². The van der Waals surface area contributed by atoms with E-state index in [0.717, 1.165) is 31.2 Å². The molecule has 1 aromatic carbocycles. The van der Waals surface area contributed by atoms with Crippen molar-refractivity contribution in [1.82, 2.24) is 0 Å². The molecule has 1 aromatic rings. The van der Waals surface area contributed by atoms with Gasteiger partial charge in [0.2, 0.25) is 0 Å². The zero-order valence-corrected chi connectivity index (χ0v) is 9.85. The Morgan fingerprint density at radius 1 is 1.31 bits per heavy atom. The Labute approximate surface area is 95.7 Å². The van der Waals surface area contributed by atoms with Crippen molar-refractivity contribution in [3.63, 3.8) is 0 Å². The number of carbonyl (C=O) groups excluding carboxylic acids is 1. The molecule has 86 valence electrons. The van der Waals surface area contributed by atoms with Crippen molar-refractivity contribution in [2.45, 2.75) is 39.5 Å². The highest BCUT2D eigenvalue weighted by Gasteiger charge is 2.37. The monoisotopic (exact) mass is 220 g/mol. The second kappa shape index (κ2) is 4.00. The van der Waals surface area contributed by atoms with Gasteiger partial charge in [-0.15, -0.1) is 0 Å². The van der Waals surface area contributed by atoms with E-state index in [-0.39, 0.29) is 17.0 Å². The summed E-state index contributed by atoms with van der Waals surface area (Å²) in [4.78, 5) is 12.4. The molecule has 2 heteroatoms. The molecule has 0 spiro atoms. The first-order valence-corrected chi connectivity index (χ1v) is 5.84. The van der Waals surface area contributed by atoms with Gasteiger partial charge in [0.15, 0.2) is 5.78 Å². The van der Waals surface area contributed by atoms with Crippen molar-refractivity contribution in [2.24, 2.45) is 5.41 Å². The van der Waals surface area contributed by atoms with Crippen LogP contribution in [0.2, 0.25) is 0 Å². The molecule has 0 bridgehead atoms. The molecule has 0 aromatic heterocycles. The maximum absolute atomic E-state index is 13.2. The van der Waals surface area contributed by atoms with E-state index >= 15 is 0 Å². The molecule has 1 nitrogen and oxygen atoms in total. The van der Waals surface area contributed by atoms with Crippen LogP contribution in [-0.2, 0) is 0 Å². The summed E-state index contributed by atoms with van der Waals surface area (Å²) in [5, 5.41) is 0. The van der Waals surface area contributed by atoms with Gasteiger partial charge in [-0.05, 0) is 37.5 Å². The zero-order valence-electron chi connectivity index (χ0n) is 9.85. The van der Waals surface area contributed by atoms with E-state index < -0.39 is 0 Å². The van der Waals surface area contributed by atoms with Gasteiger partial charge in [0, 0.05) is 11.0 Å². The fourth-order valence-electron chi connectivity index (χ4n) is 2.55. The summed E-state index contributed by atoms with van der Waals surface area (Å²) in [7, 11) is 0. The molecule has 1 fully saturated rings. The van der Waals surface area contributed by atoms with Crippen LogP contribution in [0.1, 0.15) is 48.5 Å². The van der Waals surface area contributed by atoms with Crippen LogP contribution in [0.3, 0.4) is 0 Å². The lowest BCUT2D eigenvalue weighted by Gasteiger charge is -2.22. The predicted octanol–water partition coefficient (Wildman–Crippen LogP) is 3.90. The van der Waals surface area contributed by atoms with E-state index in [9.17, 15) is 9.18 Å². The maximum Gasteiger partial charge on any atom is 0.169 e. The quantitative estimate of drug-likeness (QED) is 0.691. The first-order valence-electron chi connectivity index (χ1n) is 5.84. The minimum atomic E-state index is -0.324. The summed E-state index contributed by atoms with van der Waals surface area (Å²) in [6.45, 7) is 3.87. The van der Waals surface area contributed by atoms with E-state index in [0.29, 0.717) is 5.56 Å². The lowest BCUT2D eigenvalue weighted by molar-refractivity contribution is 0.0822. The van der Waals surface area contributed by atoms with Gasteiger partial charge < -0.3 is 0 Å². The average Bonchev–Trinajstić information content (AvgIpc) is 2.69. The fourth-order valence-corrected chi connectivity index (χ4v) is 2.55. The van der Waals surface area contributed by atoms with Gasteiger partial charge >= 0.3 is 0 Å². The normalized spacial score (nSPS) is 18.7. The van der Waals surface area contributed by atoms with E-state index in [2.05, 4.69) is 0 Å². The van der Waals surface area contributed by atoms with Gasteiger partial charge in [0.25, 0.3) is 0 Å². The summed E-state index contributed by atoms with van der Waals surface area (Å²) in [5.74, 6) is -0.211. The molecule has 0 N–H and O–H groups in total. The predicted molar refractivity (Wildman–Crippen MR) is 62.0 cm³/mol. The molecule has 0 amide bonds. The minimum Gasteiger partial charge on any atom is -0.294 e. The lowest BCUT2D eigenvalue weighted by atomic mass is 9.80. The van der Waals surface area contributed by atoms with Crippen molar-refractivity contribution in [3.05, 3.63) is 35.1 Å². The molecule has 1 saturated carbocycles. The van der Waals surface area contributed by atoms with Crippen LogP contribution in [0.4, 0.5) is 4.39 Å². The molecule has 0 heterocycles. The molecule has 0 saturated heterocycles. The summed E-state index contributed by atoms with van der Waals surface area (Å²) in [6.07, 6.45) is 4.08. The smallest absolute Gasteiger partial charge is 0.169 e. The first kappa shape index (κ1) is 11.3. The number of hydrogen-bond donors (Lipinski definition) is 0. The number of rotatable bonds is 2. The Morgan fingerprint density at radius 2 is 1.94 bits per heavy atom. The molecular weight excluding hydrogens is 203 g/mol. The molecule has 0 radical (unpaired) electrons. The second-order valence-electron chi connectivity index (χ2n) is 5.06. The Hall–Kier alpha value is -1.18. The highest BCUT2D eigenvalue weighted by molar-refractivity contribution is 6.01. The largest absolute Gasteiger partial charge is 0.294 e. The Balaban J connectivity index is 2.36. The molecule has 0 unspecified atom stereocenters. The molecule has 1 aliphatic rings. The molecular formula is C14H17FO. The third-order valence-electron chi connectivity index (χ3n) is 3.70. The van der Waals surface area contributed by atoms with Gasteiger partial charge in [-0.3, -0.25) is 4.79 Å². The van der Waals surface area contributed by atoms with Crippen LogP contribution in [0.25, 0.3) is 0 Å². The fraction of sp³-hybridized carbons (Fsp3) is 0.500. The molecule has 0 aliphatic heterocycles. The summed E-state index contributed by atoms with van der Waals surface area (Å²) < 4.78 is 13.2. The van der Waals surface area contributed by atoms with Crippen LogP contribution in [0, 0.1) is 18.2 Å². The van der Waals surface area contributed by atoms with Crippen molar-refractivity contribution >= 4 is 5.78 Å². The summed E-state index contributed by atoms with van der Waals surface area (Å²) in [6, 6.07) is 4.46. The van der Waals surface area contributed by atoms with Crippen molar-refractivity contribution in [2.75, 3.05) is 0 Å². The van der Waals surface area contributed by atoms with E-state index in [4.69, 9.17) is 0 Å². The van der Waals surface area contributed by atoms with Crippen LogP contribution in [0.15, 0.2) is 18.2 Å². The van der Waals surface area contributed by atoms with E-state index in [1.54, 1.807) is 6.07 Å². The third-order valence-corrected chi connectivity index (χ3v) is 3.70. The van der Waals surface area contributed by atoms with Gasteiger partial charge in [0.1, 0.15) is 5.82 Å². The number of aryl methyl sites for hydroxylation is 1. The minimum absolute atomic E-state index is 0.113. The molecule has 1 aliphatic carbocycles. The highest BCUT2D eigenvalue weighted by Crippen LogP contribution is 2.40. The summed E-state index contributed by atoms with van der Waals surface area (Å²) in [5.41, 5.74) is 1.17. The number of halogens is 1. The molecule has 2 rings (SSSR count). The number of carbonyl (C=O) groups is 1. The van der Waals surface area contributed by atoms with Crippen LogP contribution in [0.5, 0.6) is 0 Å². The third kappa shape index (κ3) is 1.89. The van der Waals surface area contributed by atoms with E-state index in [1.165, 1.54) is 12.1 Å². The Kier molecular flexibility index (Phi) is 2.83. The number of Topliss-reactive ketones (excluding diaryl/α,β-unsaturated/α-hetero) is 1. The number of benzene rings is 1. The number of hydrogen-bond acceptors (Lipinski definition) is 1. The molecule has 0 atom stereocenters. The Morgan fingerprint density at radius 3 is 2.56 bits per heavy atom. The van der Waals surface area contributed by atoms with Crippen molar-refractivity contribution in [3.8, 4) is 0 Å². The standard InChI is InChI=1S/C14H17FO/c1-10-5-6-11(15)9-12(10)13(16)14(2)7-3-4-8-14/h5-6,9H,3-4,7-8H2,1-2H3. The SMILES string of the molecule is Cc1ccc(F)cc1C(=O)C1(C)CCCC1. The molecule has 16 heavy (non-hydrogen) atoms. The van der Waals surface area contributed by atoms with Crippen molar-refractivity contribution < 1.29 is 9.18 Å². The van der Waals surface area contributed by atoms with Crippen LogP contribution < -0.4 is 0 Å². The van der Waals surface area contributed by atoms with Gasteiger partial charge in [-0.1, -0.05) is 25.8 Å². The second-order valence-corrected chi connectivity index (χ2v) is 5.06. The zero-order chi connectivity index (χ0) is 11.8. The lowest BCUT2D eigenvalue weighted by Crippen LogP contribution is -2.25. The highest BCUT2D eigenvalue weighted by atomic mass is 19.1. The summed E-state index contributed by atoms with van der Waals surface area (Å²) >= 11 is 0. The van der Waals surface area contributed by atoms with Crippen LogP contribution in [-0.4, -0.2) is 5.78 Å². The van der Waals surface area contributed by atoms with Gasteiger partial charge in [0.05, 0.1) is 0 Å². The first-order chi connectivity index (χ1) is 7.53. The van der Waals surface area contributed by atoms with E-state index in [1.807, 2.05) is 13.8 Å². The van der Waals surface area contributed by atoms with Gasteiger partial charge in [-0.2, -0.15) is 0 Å². The van der Waals surface area contributed by atoms with Crippen LogP contribution >= 0.6 is 0 Å². The van der Waals surface area contributed by atoms with Crippen molar-refractivity contribution in [1.29, 1.82) is 0 Å². The Bertz CT molecular complexity index is 417.